The van der Waals surface area contributed by atoms with Gasteiger partial charge in [-0.1, -0.05) is 0 Å². The van der Waals surface area contributed by atoms with E-state index in [0.717, 1.165) is 49.3 Å². The maximum atomic E-state index is 11.3. The van der Waals surface area contributed by atoms with Crippen molar-refractivity contribution >= 4 is 28.3 Å². The van der Waals surface area contributed by atoms with E-state index in [4.69, 9.17) is 19.6 Å². The molecule has 0 spiro atoms. The van der Waals surface area contributed by atoms with Crippen LogP contribution in [-0.4, -0.2) is 86.5 Å². The van der Waals surface area contributed by atoms with Crippen LogP contribution >= 0.6 is 0 Å². The lowest BCUT2D eigenvalue weighted by Gasteiger charge is -2.34. The van der Waals surface area contributed by atoms with Gasteiger partial charge in [0.05, 0.1) is 24.9 Å². The lowest BCUT2D eigenvalue weighted by molar-refractivity contribution is -0.118. The minimum atomic E-state index is 0.0156. The van der Waals surface area contributed by atoms with Crippen molar-refractivity contribution in [1.29, 1.82) is 5.41 Å². The lowest BCUT2D eigenvalue weighted by atomic mass is 10.1. The first kappa shape index (κ1) is 26.5. The van der Waals surface area contributed by atoms with Crippen LogP contribution in [0.15, 0.2) is 30.3 Å². The number of Topliss-reactive ketones (excluding diaryl/α,β-unsaturated/α-hetero) is 1. The molecule has 0 radical (unpaired) electrons. The number of ether oxygens (including phenoxy) is 3. The number of nitrogens with zero attached hydrogens (tertiary/aromatic N) is 2. The fourth-order valence-corrected chi connectivity index (χ4v) is 4.67. The third-order valence-electron chi connectivity index (χ3n) is 6.89. The quantitative estimate of drug-likeness (QED) is 0.283. The van der Waals surface area contributed by atoms with E-state index in [-0.39, 0.29) is 11.7 Å². The highest BCUT2D eigenvalue weighted by Gasteiger charge is 2.19. The van der Waals surface area contributed by atoms with Gasteiger partial charge in [0.15, 0.2) is 11.5 Å². The number of benzene rings is 2. The molecule has 3 aromatic rings. The predicted octanol–water partition coefficient (Wildman–Crippen LogP) is 3.82. The Kier molecular flexibility index (Phi) is 8.35. The van der Waals surface area contributed by atoms with Crippen LogP contribution in [0, 0.1) is 19.3 Å². The Morgan fingerprint density at radius 1 is 1.08 bits per heavy atom. The molecule has 0 amide bonds. The van der Waals surface area contributed by atoms with Gasteiger partial charge in [-0.15, -0.1) is 0 Å². The predicted molar refractivity (Wildman–Crippen MR) is 147 cm³/mol. The molecule has 3 N–H and O–H groups in total. The monoisotopic (exact) mass is 507 g/mol. The van der Waals surface area contributed by atoms with Crippen molar-refractivity contribution in [3.05, 3.63) is 47.2 Å². The van der Waals surface area contributed by atoms with Crippen molar-refractivity contribution in [2.45, 2.75) is 20.8 Å². The molecule has 0 atom stereocenters. The highest BCUT2D eigenvalue weighted by molar-refractivity contribution is 6.00. The number of H-pyrrole nitrogens is 1. The van der Waals surface area contributed by atoms with Crippen LogP contribution in [0.25, 0.3) is 10.9 Å². The lowest BCUT2D eigenvalue weighted by Crippen LogP contribution is -2.48. The standard InChI is InChI=1S/C28H37N5O4/c1-18(34)17-33-10-8-32(9-11-33)12-13-36-27-16-25(30-4)23(15-26(27)35-5)28(29)37-21-6-7-24-22(14-21)19(2)20(3)31-24/h6-7,14-16,29-31H,8-13,17H2,1-5H3. The Labute approximate surface area is 218 Å². The van der Waals surface area contributed by atoms with Gasteiger partial charge in [-0.2, -0.15) is 0 Å². The molecule has 2 heterocycles. The van der Waals surface area contributed by atoms with Gasteiger partial charge in [0.2, 0.25) is 5.90 Å². The van der Waals surface area contributed by atoms with Gasteiger partial charge in [0, 0.05) is 62.4 Å². The van der Waals surface area contributed by atoms with Crippen LogP contribution in [0.2, 0.25) is 0 Å². The summed E-state index contributed by atoms with van der Waals surface area (Å²) in [6.45, 7) is 11.2. The largest absolute Gasteiger partial charge is 0.493 e. The minimum absolute atomic E-state index is 0.0156. The zero-order valence-electron chi connectivity index (χ0n) is 22.4. The van der Waals surface area contributed by atoms with Crippen LogP contribution in [0.4, 0.5) is 5.69 Å². The molecular formula is C28H37N5O4. The number of ketones is 1. The number of aryl methyl sites for hydroxylation is 2. The number of fused-ring (bicyclic) bond motifs is 1. The number of anilines is 1. The van der Waals surface area contributed by atoms with E-state index >= 15 is 0 Å². The highest BCUT2D eigenvalue weighted by atomic mass is 16.5. The second kappa shape index (κ2) is 11.7. The molecule has 0 unspecified atom stereocenters. The van der Waals surface area contributed by atoms with Crippen LogP contribution in [0.1, 0.15) is 23.7 Å². The molecular weight excluding hydrogens is 470 g/mol. The summed E-state index contributed by atoms with van der Waals surface area (Å²) in [6, 6.07) is 9.40. The van der Waals surface area contributed by atoms with Crippen LogP contribution in [0.5, 0.6) is 17.2 Å². The van der Waals surface area contributed by atoms with Crippen LogP contribution < -0.4 is 19.5 Å². The molecule has 0 aliphatic carbocycles. The number of rotatable bonds is 10. The molecule has 198 valence electrons. The fourth-order valence-electron chi connectivity index (χ4n) is 4.67. The van der Waals surface area contributed by atoms with Gasteiger partial charge < -0.3 is 24.5 Å². The number of hydrogen-bond donors (Lipinski definition) is 3. The highest BCUT2D eigenvalue weighted by Crippen LogP contribution is 2.34. The first-order chi connectivity index (χ1) is 17.8. The Balaban J connectivity index is 1.41. The van der Waals surface area contributed by atoms with E-state index in [2.05, 4.69) is 27.0 Å². The molecule has 1 fully saturated rings. The Hall–Kier alpha value is -3.56. The summed E-state index contributed by atoms with van der Waals surface area (Å²) in [5.74, 6) is 1.98. The van der Waals surface area contributed by atoms with E-state index < -0.39 is 0 Å². The smallest absolute Gasteiger partial charge is 0.221 e. The molecule has 37 heavy (non-hydrogen) atoms. The van der Waals surface area contributed by atoms with Crippen LogP contribution in [-0.2, 0) is 4.79 Å². The van der Waals surface area contributed by atoms with Crippen LogP contribution in [0.3, 0.4) is 0 Å². The average Bonchev–Trinajstić information content (AvgIpc) is 3.17. The summed E-state index contributed by atoms with van der Waals surface area (Å²) in [5, 5.41) is 12.9. The van der Waals surface area contributed by atoms with Gasteiger partial charge >= 0.3 is 0 Å². The number of aromatic amines is 1. The summed E-state index contributed by atoms with van der Waals surface area (Å²) >= 11 is 0. The van der Waals surface area contributed by atoms with Gasteiger partial charge in [-0.3, -0.25) is 20.0 Å². The van der Waals surface area contributed by atoms with Gasteiger partial charge in [-0.05, 0) is 50.6 Å². The summed E-state index contributed by atoms with van der Waals surface area (Å²) in [6.07, 6.45) is 0. The molecule has 4 rings (SSSR count). The second-order valence-electron chi connectivity index (χ2n) is 9.48. The van der Waals surface area contributed by atoms with E-state index in [9.17, 15) is 4.79 Å². The molecule has 1 aliphatic heterocycles. The third kappa shape index (κ3) is 6.23. The molecule has 2 aromatic carbocycles. The van der Waals surface area contributed by atoms with Crippen molar-refractivity contribution in [2.75, 3.05) is 65.3 Å². The molecule has 9 heteroatoms. The Bertz CT molecular complexity index is 1280. The van der Waals surface area contributed by atoms with Gasteiger partial charge in [0.1, 0.15) is 18.1 Å². The first-order valence-corrected chi connectivity index (χ1v) is 12.6. The second-order valence-corrected chi connectivity index (χ2v) is 9.48. The number of carbonyl (C=O) groups is 1. The van der Waals surface area contributed by atoms with E-state index in [1.807, 2.05) is 31.2 Å². The number of methoxy groups -OCH3 is 1. The molecule has 1 aromatic heterocycles. The summed E-state index contributed by atoms with van der Waals surface area (Å²) in [5.41, 5.74) is 4.63. The third-order valence-corrected chi connectivity index (χ3v) is 6.89. The van der Waals surface area contributed by atoms with E-state index in [1.54, 1.807) is 27.1 Å². The number of piperazine rings is 1. The number of hydrogen-bond acceptors (Lipinski definition) is 8. The number of nitrogens with one attached hydrogen (secondary N) is 3. The molecule has 0 saturated carbocycles. The topological polar surface area (TPSA) is 103 Å². The maximum Gasteiger partial charge on any atom is 0.221 e. The van der Waals surface area contributed by atoms with Gasteiger partial charge in [-0.25, -0.2) is 0 Å². The molecule has 0 bridgehead atoms. The summed E-state index contributed by atoms with van der Waals surface area (Å²) < 4.78 is 17.6. The van der Waals surface area contributed by atoms with Crippen molar-refractivity contribution in [2.24, 2.45) is 0 Å². The zero-order chi connectivity index (χ0) is 26.5. The fraction of sp³-hybridized carbons (Fsp3) is 0.429. The minimum Gasteiger partial charge on any atom is -0.493 e. The first-order valence-electron chi connectivity index (χ1n) is 12.6. The van der Waals surface area contributed by atoms with Crippen molar-refractivity contribution in [3.8, 4) is 17.2 Å². The SMILES string of the molecule is CNc1cc(OCCN2CCN(CC(C)=O)CC2)c(OC)cc1C(=N)Oc1ccc2[nH]c(C)c(C)c2c1. The normalized spacial score (nSPS) is 14.5. The molecule has 1 saturated heterocycles. The van der Waals surface area contributed by atoms with Crippen molar-refractivity contribution in [1.82, 2.24) is 14.8 Å². The van der Waals surface area contributed by atoms with E-state index in [1.165, 1.54) is 5.56 Å². The summed E-state index contributed by atoms with van der Waals surface area (Å²) in [7, 11) is 3.40. The Morgan fingerprint density at radius 2 is 1.81 bits per heavy atom. The van der Waals surface area contributed by atoms with Crippen molar-refractivity contribution < 1.29 is 19.0 Å². The Morgan fingerprint density at radius 3 is 2.49 bits per heavy atom. The maximum absolute atomic E-state index is 11.3. The van der Waals surface area contributed by atoms with Gasteiger partial charge in [0.25, 0.3) is 0 Å². The number of aromatic nitrogens is 1. The van der Waals surface area contributed by atoms with Crippen molar-refractivity contribution in [3.63, 3.8) is 0 Å². The zero-order valence-corrected chi connectivity index (χ0v) is 22.4. The molecule has 1 aliphatic rings. The average molecular weight is 508 g/mol. The summed E-state index contributed by atoms with van der Waals surface area (Å²) in [4.78, 5) is 19.2. The number of carbonyl (C=O) groups excluding carboxylic acids is 1. The molecule has 9 nitrogen and oxygen atoms in total. The van der Waals surface area contributed by atoms with E-state index in [0.29, 0.717) is 41.7 Å².